The van der Waals surface area contributed by atoms with E-state index in [2.05, 4.69) is 10.2 Å². The molecule has 1 aliphatic rings. The van der Waals surface area contributed by atoms with Gasteiger partial charge in [-0.25, -0.2) is 0 Å². The molecule has 17 heavy (non-hydrogen) atoms. The van der Waals surface area contributed by atoms with Gasteiger partial charge in [-0.1, -0.05) is 0 Å². The monoisotopic (exact) mass is 245 g/mol. The van der Waals surface area contributed by atoms with Gasteiger partial charge < -0.3 is 20.5 Å². The zero-order valence-corrected chi connectivity index (χ0v) is 10.6. The number of amides is 1. The van der Waals surface area contributed by atoms with E-state index in [0.29, 0.717) is 19.1 Å². The third-order valence-corrected chi connectivity index (χ3v) is 2.99. The largest absolute Gasteiger partial charge is 0.354 e. The first-order valence-electron chi connectivity index (χ1n) is 5.96. The van der Waals surface area contributed by atoms with Crippen LogP contribution in [0.1, 0.15) is 12.8 Å². The molecule has 0 bridgehead atoms. The lowest BCUT2D eigenvalue weighted by Gasteiger charge is -2.29. The summed E-state index contributed by atoms with van der Waals surface area (Å²) in [4.78, 5) is 13.8. The summed E-state index contributed by atoms with van der Waals surface area (Å²) in [7, 11) is 3.10. The Morgan fingerprint density at radius 3 is 2.53 bits per heavy atom. The van der Waals surface area contributed by atoms with Gasteiger partial charge in [0.25, 0.3) is 0 Å². The molecule has 0 unspecified atom stereocenters. The third-order valence-electron chi connectivity index (χ3n) is 2.99. The Balaban J connectivity index is 2.16. The second kappa shape index (κ2) is 7.60. The van der Waals surface area contributed by atoms with Gasteiger partial charge in [-0.3, -0.25) is 9.69 Å². The van der Waals surface area contributed by atoms with Gasteiger partial charge in [0.2, 0.25) is 5.91 Å². The Kier molecular flexibility index (Phi) is 6.43. The van der Waals surface area contributed by atoms with E-state index in [1.165, 1.54) is 0 Å². The Hall–Kier alpha value is -0.690. The Morgan fingerprint density at radius 1 is 1.41 bits per heavy atom. The van der Waals surface area contributed by atoms with Crippen LogP contribution in [0.25, 0.3) is 0 Å². The third kappa shape index (κ3) is 5.45. The van der Waals surface area contributed by atoms with Crippen LogP contribution in [0.5, 0.6) is 0 Å². The molecule has 0 spiro atoms. The van der Waals surface area contributed by atoms with Crippen LogP contribution < -0.4 is 11.1 Å². The smallest absolute Gasteiger partial charge is 0.234 e. The van der Waals surface area contributed by atoms with Gasteiger partial charge in [-0.05, 0) is 12.8 Å². The first kappa shape index (κ1) is 14.4. The zero-order valence-electron chi connectivity index (χ0n) is 10.6. The maximum absolute atomic E-state index is 11.6. The lowest BCUT2D eigenvalue weighted by molar-refractivity contribution is -0.128. The number of piperidine rings is 1. The summed E-state index contributed by atoms with van der Waals surface area (Å²) >= 11 is 0. The second-order valence-corrected chi connectivity index (χ2v) is 4.32. The SMILES string of the molecule is COC(CNC(=O)CN1CCC(N)CC1)OC. The predicted octanol–water partition coefficient (Wildman–Crippen LogP) is -0.855. The highest BCUT2D eigenvalue weighted by Crippen LogP contribution is 2.07. The number of nitrogens with one attached hydrogen (secondary N) is 1. The number of hydrogen-bond donors (Lipinski definition) is 2. The molecule has 6 heteroatoms. The van der Waals surface area contributed by atoms with Crippen LogP contribution in [0.15, 0.2) is 0 Å². The van der Waals surface area contributed by atoms with Crippen LogP contribution in [0.2, 0.25) is 0 Å². The highest BCUT2D eigenvalue weighted by Gasteiger charge is 2.18. The molecule has 1 aliphatic heterocycles. The Morgan fingerprint density at radius 2 is 2.00 bits per heavy atom. The lowest BCUT2D eigenvalue weighted by atomic mass is 10.1. The maximum Gasteiger partial charge on any atom is 0.234 e. The molecule has 0 aromatic carbocycles. The lowest BCUT2D eigenvalue weighted by Crippen LogP contribution is -2.45. The van der Waals surface area contributed by atoms with Crippen LogP contribution in [0.4, 0.5) is 0 Å². The molecule has 100 valence electrons. The summed E-state index contributed by atoms with van der Waals surface area (Å²) in [6.07, 6.45) is 1.55. The molecule has 3 N–H and O–H groups in total. The number of carbonyl (C=O) groups excluding carboxylic acids is 1. The number of nitrogens with zero attached hydrogens (tertiary/aromatic N) is 1. The molecule has 0 saturated carbocycles. The summed E-state index contributed by atoms with van der Waals surface area (Å²) in [6, 6.07) is 0.292. The van der Waals surface area contributed by atoms with Gasteiger partial charge in [-0.2, -0.15) is 0 Å². The predicted molar refractivity (Wildman–Crippen MR) is 64.5 cm³/mol. The molecule has 0 aliphatic carbocycles. The normalized spacial score (nSPS) is 18.6. The summed E-state index contributed by atoms with van der Waals surface area (Å²) in [5.74, 6) is -0.000397. The van der Waals surface area contributed by atoms with E-state index in [9.17, 15) is 4.79 Å². The standard InChI is InChI=1S/C11H23N3O3/c1-16-11(17-2)7-13-10(15)8-14-5-3-9(12)4-6-14/h9,11H,3-8,12H2,1-2H3,(H,13,15). The topological polar surface area (TPSA) is 76.8 Å². The molecule has 0 aromatic rings. The quantitative estimate of drug-likeness (QED) is 0.596. The fourth-order valence-corrected chi connectivity index (χ4v) is 1.83. The van der Waals surface area contributed by atoms with E-state index >= 15 is 0 Å². The number of ether oxygens (including phenoxy) is 2. The van der Waals surface area contributed by atoms with E-state index < -0.39 is 0 Å². The molecular weight excluding hydrogens is 222 g/mol. The van der Waals surface area contributed by atoms with Crippen molar-refractivity contribution in [2.24, 2.45) is 5.73 Å². The van der Waals surface area contributed by atoms with Gasteiger partial charge in [0.15, 0.2) is 6.29 Å². The van der Waals surface area contributed by atoms with Gasteiger partial charge >= 0.3 is 0 Å². The molecule has 0 atom stereocenters. The molecule has 1 amide bonds. The summed E-state index contributed by atoms with van der Waals surface area (Å²) in [6.45, 7) is 2.59. The van der Waals surface area contributed by atoms with Gasteiger partial charge in [0, 0.05) is 33.4 Å². The van der Waals surface area contributed by atoms with E-state index in [1.807, 2.05) is 0 Å². The van der Waals surface area contributed by atoms with Crippen molar-refractivity contribution < 1.29 is 14.3 Å². The van der Waals surface area contributed by atoms with Crippen LogP contribution in [-0.2, 0) is 14.3 Å². The Labute approximate surface area is 102 Å². The molecule has 1 heterocycles. The van der Waals surface area contributed by atoms with E-state index in [1.54, 1.807) is 14.2 Å². The minimum Gasteiger partial charge on any atom is -0.354 e. The van der Waals surface area contributed by atoms with Crippen LogP contribution in [-0.4, -0.2) is 63.5 Å². The number of carbonyl (C=O) groups is 1. The van der Waals surface area contributed by atoms with Gasteiger partial charge in [0.1, 0.15) is 0 Å². The average molecular weight is 245 g/mol. The minimum atomic E-state index is -0.381. The average Bonchev–Trinajstić information content (AvgIpc) is 2.33. The fraction of sp³-hybridized carbons (Fsp3) is 0.909. The highest BCUT2D eigenvalue weighted by molar-refractivity contribution is 5.78. The zero-order chi connectivity index (χ0) is 12.7. The molecule has 1 fully saturated rings. The van der Waals surface area contributed by atoms with E-state index in [4.69, 9.17) is 15.2 Å². The van der Waals surface area contributed by atoms with Crippen molar-refractivity contribution in [1.82, 2.24) is 10.2 Å². The summed E-state index contributed by atoms with van der Waals surface area (Å²) in [5.41, 5.74) is 5.80. The van der Waals surface area contributed by atoms with Crippen LogP contribution in [0, 0.1) is 0 Å². The number of likely N-dealkylation sites (tertiary alicyclic amines) is 1. The van der Waals surface area contributed by atoms with Gasteiger partial charge in [0.05, 0.1) is 13.1 Å². The van der Waals surface area contributed by atoms with Crippen LogP contribution >= 0.6 is 0 Å². The van der Waals surface area contributed by atoms with Crippen molar-refractivity contribution in [2.45, 2.75) is 25.2 Å². The molecule has 0 radical (unpaired) electrons. The second-order valence-electron chi connectivity index (χ2n) is 4.32. The first-order chi connectivity index (χ1) is 8.15. The van der Waals surface area contributed by atoms with Crippen molar-refractivity contribution in [3.05, 3.63) is 0 Å². The molecule has 0 aromatic heterocycles. The number of rotatable bonds is 6. The highest BCUT2D eigenvalue weighted by atomic mass is 16.7. The molecule has 6 nitrogen and oxygen atoms in total. The van der Waals surface area contributed by atoms with Crippen LogP contribution in [0.3, 0.4) is 0 Å². The molecule has 1 saturated heterocycles. The van der Waals surface area contributed by atoms with Gasteiger partial charge in [-0.15, -0.1) is 0 Å². The molecular formula is C11H23N3O3. The van der Waals surface area contributed by atoms with Crippen molar-refractivity contribution in [3.8, 4) is 0 Å². The van der Waals surface area contributed by atoms with E-state index in [0.717, 1.165) is 25.9 Å². The number of hydrogen-bond acceptors (Lipinski definition) is 5. The minimum absolute atomic E-state index is 0.000397. The molecule has 1 rings (SSSR count). The number of methoxy groups -OCH3 is 2. The maximum atomic E-state index is 11.6. The van der Waals surface area contributed by atoms with Crippen molar-refractivity contribution >= 4 is 5.91 Å². The van der Waals surface area contributed by atoms with Crippen molar-refractivity contribution in [2.75, 3.05) is 40.4 Å². The summed E-state index contributed by atoms with van der Waals surface area (Å²) < 4.78 is 9.97. The summed E-state index contributed by atoms with van der Waals surface area (Å²) in [5, 5.41) is 2.78. The number of nitrogens with two attached hydrogens (primary N) is 1. The van der Waals surface area contributed by atoms with Crippen molar-refractivity contribution in [1.29, 1.82) is 0 Å². The Bertz CT molecular complexity index is 226. The first-order valence-corrected chi connectivity index (χ1v) is 5.96. The fourth-order valence-electron chi connectivity index (χ4n) is 1.83. The van der Waals surface area contributed by atoms with Crippen molar-refractivity contribution in [3.63, 3.8) is 0 Å². The van der Waals surface area contributed by atoms with E-state index in [-0.39, 0.29) is 12.2 Å².